The predicted octanol–water partition coefficient (Wildman–Crippen LogP) is 2.84. The molecule has 2 aromatic rings. The fourth-order valence-electron chi connectivity index (χ4n) is 2.36. The molecule has 19 heavy (non-hydrogen) atoms. The molecule has 0 fully saturated rings. The maximum atomic E-state index is 5.46. The van der Waals surface area contributed by atoms with Crippen LogP contribution in [0.3, 0.4) is 0 Å². The van der Waals surface area contributed by atoms with Crippen LogP contribution in [0.5, 0.6) is 5.75 Å². The molecule has 0 aliphatic heterocycles. The number of rotatable bonds is 6. The Morgan fingerprint density at radius 3 is 2.84 bits per heavy atom. The van der Waals surface area contributed by atoms with Gasteiger partial charge in [-0.05, 0) is 37.4 Å². The topological polar surface area (TPSA) is 39.1 Å². The number of hydrogen-bond donors (Lipinski definition) is 1. The fraction of sp³-hybridized carbons (Fsp3) is 0.500. The first-order chi connectivity index (χ1) is 9.26. The molecule has 0 aliphatic carbocycles. The number of hydrogen-bond acceptors (Lipinski definition) is 4. The lowest BCUT2D eigenvalue weighted by molar-refractivity contribution is 0.401. The van der Waals surface area contributed by atoms with Crippen LogP contribution in [0.25, 0.3) is 0 Å². The highest BCUT2D eigenvalue weighted by Gasteiger charge is 2.24. The Balaban J connectivity index is 2.50. The quantitative estimate of drug-likeness (QED) is 0.883. The maximum Gasteiger partial charge on any atom is 0.161 e. The minimum absolute atomic E-state index is 0.132. The van der Waals surface area contributed by atoms with Crippen LogP contribution in [-0.4, -0.2) is 23.9 Å². The molecular weight excluding hydrogens is 258 g/mol. The summed E-state index contributed by atoms with van der Waals surface area (Å²) < 4.78 is 7.46. The Hall–Kier alpha value is -1.33. The summed E-state index contributed by atoms with van der Waals surface area (Å²) in [5.41, 5.74) is 2.49. The van der Waals surface area contributed by atoms with Gasteiger partial charge in [-0.25, -0.2) is 0 Å². The van der Waals surface area contributed by atoms with Gasteiger partial charge in [0.25, 0.3) is 0 Å². The molecule has 2 rings (SSSR count). The summed E-state index contributed by atoms with van der Waals surface area (Å²) >= 11 is 1.78. The second-order valence-electron chi connectivity index (χ2n) is 4.30. The number of ether oxygens (including phenoxy) is 1. The number of nitrogens with one attached hydrogen (secondary N) is 1. The number of nitrogens with zero attached hydrogens (tertiary/aromatic N) is 2. The lowest BCUT2D eigenvalue weighted by Gasteiger charge is -2.19. The van der Waals surface area contributed by atoms with E-state index in [4.69, 9.17) is 4.74 Å². The summed E-state index contributed by atoms with van der Waals surface area (Å²) in [6.45, 7) is 5.12. The van der Waals surface area contributed by atoms with Crippen molar-refractivity contribution < 1.29 is 4.74 Å². The Bertz CT molecular complexity index is 511. The Labute approximate surface area is 118 Å². The first-order valence-electron chi connectivity index (χ1n) is 6.59. The largest absolute Gasteiger partial charge is 0.493 e. The van der Waals surface area contributed by atoms with Crippen LogP contribution < -0.4 is 10.1 Å². The summed E-state index contributed by atoms with van der Waals surface area (Å²) in [5, 5.41) is 9.95. The molecular formula is C14H21N3OS. The lowest BCUT2D eigenvalue weighted by Crippen LogP contribution is -2.22. The zero-order valence-electron chi connectivity index (χ0n) is 11.9. The van der Waals surface area contributed by atoms with Crippen LogP contribution in [0.4, 0.5) is 0 Å². The molecule has 4 nitrogen and oxygen atoms in total. The van der Waals surface area contributed by atoms with Gasteiger partial charge in [0.05, 0.1) is 19.3 Å². The molecule has 1 unspecified atom stereocenters. The third-order valence-electron chi connectivity index (χ3n) is 3.35. The molecule has 2 aromatic heterocycles. The van der Waals surface area contributed by atoms with Crippen molar-refractivity contribution in [1.29, 1.82) is 0 Å². The molecule has 0 saturated carbocycles. The van der Waals surface area contributed by atoms with Crippen molar-refractivity contribution in [1.82, 2.24) is 15.1 Å². The molecule has 0 radical (unpaired) electrons. The van der Waals surface area contributed by atoms with E-state index in [9.17, 15) is 0 Å². The summed E-state index contributed by atoms with van der Waals surface area (Å²) in [7, 11) is 3.68. The van der Waals surface area contributed by atoms with E-state index in [1.807, 2.05) is 11.7 Å². The van der Waals surface area contributed by atoms with Gasteiger partial charge in [0.1, 0.15) is 5.69 Å². The number of aryl methyl sites for hydroxylation is 2. The van der Waals surface area contributed by atoms with E-state index in [2.05, 4.69) is 35.7 Å². The summed E-state index contributed by atoms with van der Waals surface area (Å²) in [5.74, 6) is 0.844. The van der Waals surface area contributed by atoms with Crippen LogP contribution in [0, 0.1) is 0 Å². The van der Waals surface area contributed by atoms with Crippen LogP contribution in [0.2, 0.25) is 0 Å². The number of methoxy groups -OCH3 is 1. The van der Waals surface area contributed by atoms with E-state index in [1.165, 1.54) is 10.4 Å². The predicted molar refractivity (Wildman–Crippen MR) is 79.1 cm³/mol. The van der Waals surface area contributed by atoms with Crippen molar-refractivity contribution in [2.45, 2.75) is 32.9 Å². The molecule has 5 heteroatoms. The number of thiophene rings is 1. The molecule has 0 spiro atoms. The Morgan fingerprint density at radius 1 is 1.47 bits per heavy atom. The van der Waals surface area contributed by atoms with Crippen LogP contribution in [0.15, 0.2) is 17.6 Å². The third-order valence-corrected chi connectivity index (χ3v) is 4.37. The molecule has 0 saturated heterocycles. The summed E-state index contributed by atoms with van der Waals surface area (Å²) in [6, 6.07) is 2.33. The third kappa shape index (κ3) is 2.53. The van der Waals surface area contributed by atoms with Crippen molar-refractivity contribution in [3.63, 3.8) is 0 Å². The SMILES string of the molecule is CCc1ccsc1C(NC)c1c(OC)cnn1CC. The van der Waals surface area contributed by atoms with E-state index >= 15 is 0 Å². The molecule has 0 aliphatic rings. The second kappa shape index (κ2) is 6.21. The van der Waals surface area contributed by atoms with Gasteiger partial charge in [0.15, 0.2) is 5.75 Å². The fourth-order valence-corrected chi connectivity index (χ4v) is 3.47. The zero-order chi connectivity index (χ0) is 13.8. The van der Waals surface area contributed by atoms with E-state index in [0.717, 1.165) is 24.4 Å². The van der Waals surface area contributed by atoms with E-state index in [-0.39, 0.29) is 6.04 Å². The van der Waals surface area contributed by atoms with Gasteiger partial charge < -0.3 is 10.1 Å². The molecule has 2 heterocycles. The monoisotopic (exact) mass is 279 g/mol. The van der Waals surface area contributed by atoms with Crippen LogP contribution in [0.1, 0.15) is 36.0 Å². The van der Waals surface area contributed by atoms with Crippen molar-refractivity contribution in [2.24, 2.45) is 0 Å². The average molecular weight is 279 g/mol. The normalized spacial score (nSPS) is 12.6. The molecule has 1 atom stereocenters. The minimum Gasteiger partial charge on any atom is -0.493 e. The van der Waals surface area contributed by atoms with Gasteiger partial charge in [0.2, 0.25) is 0 Å². The zero-order valence-corrected chi connectivity index (χ0v) is 12.8. The smallest absolute Gasteiger partial charge is 0.161 e. The summed E-state index contributed by atoms with van der Waals surface area (Å²) in [4.78, 5) is 1.35. The van der Waals surface area contributed by atoms with Crippen molar-refractivity contribution in [2.75, 3.05) is 14.2 Å². The highest BCUT2D eigenvalue weighted by atomic mass is 32.1. The van der Waals surface area contributed by atoms with Gasteiger partial charge >= 0.3 is 0 Å². The average Bonchev–Trinajstić information content (AvgIpc) is 3.06. The van der Waals surface area contributed by atoms with Crippen molar-refractivity contribution in [3.8, 4) is 5.75 Å². The summed E-state index contributed by atoms with van der Waals surface area (Å²) in [6.07, 6.45) is 2.84. The minimum atomic E-state index is 0.132. The maximum absolute atomic E-state index is 5.46. The molecule has 0 aromatic carbocycles. The van der Waals surface area contributed by atoms with Crippen molar-refractivity contribution >= 4 is 11.3 Å². The van der Waals surface area contributed by atoms with Gasteiger partial charge in [-0.3, -0.25) is 4.68 Å². The van der Waals surface area contributed by atoms with Gasteiger partial charge in [-0.15, -0.1) is 11.3 Å². The standard InChI is InChI=1S/C14H21N3OS/c1-5-10-7-8-19-14(10)12(15-3)13-11(18-4)9-16-17(13)6-2/h7-9,12,15H,5-6H2,1-4H3. The Kier molecular flexibility index (Phi) is 4.61. The van der Waals surface area contributed by atoms with E-state index in [1.54, 1.807) is 24.6 Å². The molecule has 104 valence electrons. The molecule has 0 bridgehead atoms. The van der Waals surface area contributed by atoms with Crippen LogP contribution >= 0.6 is 11.3 Å². The van der Waals surface area contributed by atoms with E-state index < -0.39 is 0 Å². The highest BCUT2D eigenvalue weighted by molar-refractivity contribution is 7.10. The first-order valence-corrected chi connectivity index (χ1v) is 7.47. The Morgan fingerprint density at radius 2 is 2.26 bits per heavy atom. The lowest BCUT2D eigenvalue weighted by atomic mass is 10.1. The van der Waals surface area contributed by atoms with Gasteiger partial charge in [0, 0.05) is 11.4 Å². The molecule has 0 amide bonds. The second-order valence-corrected chi connectivity index (χ2v) is 5.25. The number of aromatic nitrogens is 2. The van der Waals surface area contributed by atoms with Crippen molar-refractivity contribution in [3.05, 3.63) is 33.8 Å². The highest BCUT2D eigenvalue weighted by Crippen LogP contribution is 2.34. The molecule has 1 N–H and O–H groups in total. The van der Waals surface area contributed by atoms with Gasteiger partial charge in [-0.2, -0.15) is 5.10 Å². The van der Waals surface area contributed by atoms with Crippen LogP contribution in [-0.2, 0) is 13.0 Å². The van der Waals surface area contributed by atoms with Gasteiger partial charge in [-0.1, -0.05) is 6.92 Å². The van der Waals surface area contributed by atoms with E-state index in [0.29, 0.717) is 0 Å². The first kappa shape index (κ1) is 14.1.